The van der Waals surface area contributed by atoms with E-state index in [0.717, 1.165) is 16.7 Å². The van der Waals surface area contributed by atoms with Crippen LogP contribution in [0.25, 0.3) is 11.1 Å². The Kier molecular flexibility index (Phi) is 5.04. The summed E-state index contributed by atoms with van der Waals surface area (Å²) in [6.07, 6.45) is -0.582. The highest BCUT2D eigenvalue weighted by Gasteiger charge is 2.24. The predicted octanol–water partition coefficient (Wildman–Crippen LogP) is 4.45. The third-order valence-corrected chi connectivity index (χ3v) is 4.10. The number of phenolic OH excluding ortho intramolecular Hbond substituents is 1. The lowest BCUT2D eigenvalue weighted by Crippen LogP contribution is -2.34. The van der Waals surface area contributed by atoms with Gasteiger partial charge in [0.2, 0.25) is 0 Å². The molecule has 0 unspecified atom stereocenters. The zero-order valence-corrected chi connectivity index (χ0v) is 14.9. The first-order valence-electron chi connectivity index (χ1n) is 8.14. The zero-order valence-electron chi connectivity index (χ0n) is 14.2. The maximum Gasteiger partial charge on any atom is 0.410 e. The number of fused-ring (bicyclic) bond motifs is 1. The van der Waals surface area contributed by atoms with Gasteiger partial charge in [0.25, 0.3) is 0 Å². The minimum absolute atomic E-state index is 0.0477. The fourth-order valence-corrected chi connectivity index (χ4v) is 2.96. The van der Waals surface area contributed by atoms with Gasteiger partial charge in [-0.3, -0.25) is 0 Å². The lowest BCUT2D eigenvalue weighted by Gasteiger charge is -2.21. The number of hydrogen-bond acceptors (Lipinski definition) is 4. The van der Waals surface area contributed by atoms with E-state index in [0.29, 0.717) is 30.5 Å². The van der Waals surface area contributed by atoms with Gasteiger partial charge < -0.3 is 19.5 Å². The number of carbonyl (C=O) groups is 1. The lowest BCUT2D eigenvalue weighted by molar-refractivity contribution is 0.0727. The van der Waals surface area contributed by atoms with E-state index >= 15 is 0 Å². The summed E-state index contributed by atoms with van der Waals surface area (Å²) in [5.41, 5.74) is 2.42. The Bertz CT molecular complexity index is 791. The number of phenols is 1. The van der Waals surface area contributed by atoms with Crippen LogP contribution in [0.3, 0.4) is 0 Å². The second-order valence-electron chi connectivity index (χ2n) is 6.20. The standard InChI is InChI=1S/C19H20ClNO4/c1-12(2)25-19(23)21-6-7-24-18-15(11-21)8-14(10-17(18)22)13-4-3-5-16(20)9-13/h3-5,8-10,12,22H,6-7,11H2,1-2H3. The highest BCUT2D eigenvalue weighted by Crippen LogP contribution is 2.38. The summed E-state index contributed by atoms with van der Waals surface area (Å²) in [6.45, 7) is 4.62. The van der Waals surface area contributed by atoms with Crippen molar-refractivity contribution in [1.29, 1.82) is 0 Å². The molecule has 2 aromatic carbocycles. The van der Waals surface area contributed by atoms with Gasteiger partial charge in [-0.1, -0.05) is 23.7 Å². The van der Waals surface area contributed by atoms with Gasteiger partial charge in [-0.05, 0) is 49.2 Å². The number of rotatable bonds is 2. The van der Waals surface area contributed by atoms with Crippen molar-refractivity contribution in [3.63, 3.8) is 0 Å². The molecule has 132 valence electrons. The number of ether oxygens (including phenoxy) is 2. The van der Waals surface area contributed by atoms with Gasteiger partial charge in [0, 0.05) is 10.6 Å². The molecule has 1 aliphatic heterocycles. The topological polar surface area (TPSA) is 59.0 Å². The minimum atomic E-state index is -0.390. The molecule has 0 bridgehead atoms. The highest BCUT2D eigenvalue weighted by atomic mass is 35.5. The maximum atomic E-state index is 12.2. The second-order valence-corrected chi connectivity index (χ2v) is 6.63. The molecule has 5 nitrogen and oxygen atoms in total. The van der Waals surface area contributed by atoms with Gasteiger partial charge >= 0.3 is 6.09 Å². The van der Waals surface area contributed by atoms with Crippen molar-refractivity contribution in [2.75, 3.05) is 13.2 Å². The first kappa shape index (κ1) is 17.4. The molecule has 0 aliphatic carbocycles. The van der Waals surface area contributed by atoms with Gasteiger partial charge in [-0.15, -0.1) is 0 Å². The lowest BCUT2D eigenvalue weighted by atomic mass is 10.0. The quantitative estimate of drug-likeness (QED) is 0.858. The smallest absolute Gasteiger partial charge is 0.410 e. The van der Waals surface area contributed by atoms with Crippen molar-refractivity contribution >= 4 is 17.7 Å². The highest BCUT2D eigenvalue weighted by molar-refractivity contribution is 6.30. The normalized spacial score (nSPS) is 13.8. The Morgan fingerprint density at radius 1 is 1.28 bits per heavy atom. The molecule has 0 aromatic heterocycles. The van der Waals surface area contributed by atoms with E-state index in [9.17, 15) is 9.90 Å². The molecule has 1 N–H and O–H groups in total. The van der Waals surface area contributed by atoms with Crippen molar-refractivity contribution in [3.8, 4) is 22.6 Å². The fourth-order valence-electron chi connectivity index (χ4n) is 2.77. The summed E-state index contributed by atoms with van der Waals surface area (Å²) in [5, 5.41) is 11.0. The molecule has 0 spiro atoms. The van der Waals surface area contributed by atoms with Gasteiger partial charge in [-0.25, -0.2) is 4.79 Å². The predicted molar refractivity (Wildman–Crippen MR) is 96.1 cm³/mol. The molecule has 1 heterocycles. The van der Waals surface area contributed by atoms with Crippen molar-refractivity contribution in [1.82, 2.24) is 4.90 Å². The van der Waals surface area contributed by atoms with Crippen LogP contribution in [0.15, 0.2) is 36.4 Å². The summed E-state index contributed by atoms with van der Waals surface area (Å²) >= 11 is 6.06. The van der Waals surface area contributed by atoms with E-state index in [1.54, 1.807) is 17.0 Å². The zero-order chi connectivity index (χ0) is 18.0. The van der Waals surface area contributed by atoms with Crippen LogP contribution in [-0.2, 0) is 11.3 Å². The van der Waals surface area contributed by atoms with Crippen LogP contribution >= 0.6 is 11.6 Å². The number of amides is 1. The maximum absolute atomic E-state index is 12.2. The van der Waals surface area contributed by atoms with Crippen LogP contribution in [0.4, 0.5) is 4.79 Å². The molecule has 0 saturated carbocycles. The second kappa shape index (κ2) is 7.23. The van der Waals surface area contributed by atoms with Gasteiger partial charge in [-0.2, -0.15) is 0 Å². The van der Waals surface area contributed by atoms with E-state index in [4.69, 9.17) is 21.1 Å². The van der Waals surface area contributed by atoms with Crippen molar-refractivity contribution in [2.24, 2.45) is 0 Å². The van der Waals surface area contributed by atoms with Crippen LogP contribution in [0.1, 0.15) is 19.4 Å². The van der Waals surface area contributed by atoms with E-state index in [1.807, 2.05) is 38.1 Å². The van der Waals surface area contributed by atoms with Gasteiger partial charge in [0.05, 0.1) is 19.2 Å². The number of nitrogens with zero attached hydrogens (tertiary/aromatic N) is 1. The van der Waals surface area contributed by atoms with E-state index in [2.05, 4.69) is 0 Å². The Labute approximate surface area is 151 Å². The molecule has 25 heavy (non-hydrogen) atoms. The average molecular weight is 362 g/mol. The van der Waals surface area contributed by atoms with Crippen LogP contribution in [0.2, 0.25) is 5.02 Å². The van der Waals surface area contributed by atoms with Crippen LogP contribution in [0, 0.1) is 0 Å². The van der Waals surface area contributed by atoms with Gasteiger partial charge in [0.15, 0.2) is 11.5 Å². The Balaban J connectivity index is 1.95. The Hall–Kier alpha value is -2.40. The third kappa shape index (κ3) is 3.99. The molecule has 0 saturated heterocycles. The van der Waals surface area contributed by atoms with Crippen LogP contribution < -0.4 is 4.74 Å². The third-order valence-electron chi connectivity index (χ3n) is 3.87. The summed E-state index contributed by atoms with van der Waals surface area (Å²) in [5.74, 6) is 0.456. The molecule has 3 rings (SSSR count). The number of benzene rings is 2. The SMILES string of the molecule is CC(C)OC(=O)N1CCOc2c(O)cc(-c3cccc(Cl)c3)cc2C1. The molecule has 2 aromatic rings. The summed E-state index contributed by atoms with van der Waals surface area (Å²) in [4.78, 5) is 13.8. The molecule has 0 atom stereocenters. The van der Waals surface area contributed by atoms with E-state index < -0.39 is 0 Å². The molecule has 0 fully saturated rings. The first-order chi connectivity index (χ1) is 11.9. The fraction of sp³-hybridized carbons (Fsp3) is 0.316. The number of hydrogen-bond donors (Lipinski definition) is 1. The molecule has 6 heteroatoms. The average Bonchev–Trinajstić information content (AvgIpc) is 2.77. The van der Waals surface area contributed by atoms with Crippen molar-refractivity contribution < 1.29 is 19.4 Å². The van der Waals surface area contributed by atoms with E-state index in [1.165, 1.54) is 0 Å². The molecular formula is C19H20ClNO4. The molecular weight excluding hydrogens is 342 g/mol. The van der Waals surface area contributed by atoms with Crippen LogP contribution in [0.5, 0.6) is 11.5 Å². The Morgan fingerprint density at radius 2 is 2.08 bits per heavy atom. The monoisotopic (exact) mass is 361 g/mol. The summed E-state index contributed by atoms with van der Waals surface area (Å²) < 4.78 is 10.9. The van der Waals surface area contributed by atoms with Crippen molar-refractivity contribution in [3.05, 3.63) is 47.0 Å². The largest absolute Gasteiger partial charge is 0.504 e. The van der Waals surface area contributed by atoms with Gasteiger partial charge in [0.1, 0.15) is 6.61 Å². The number of aromatic hydroxyl groups is 1. The molecule has 1 amide bonds. The molecule has 0 radical (unpaired) electrons. The Morgan fingerprint density at radius 3 is 2.80 bits per heavy atom. The summed E-state index contributed by atoms with van der Waals surface area (Å²) in [6, 6.07) is 10.9. The van der Waals surface area contributed by atoms with Crippen molar-refractivity contribution in [2.45, 2.75) is 26.5 Å². The first-order valence-corrected chi connectivity index (χ1v) is 8.52. The van der Waals surface area contributed by atoms with E-state index in [-0.39, 0.29) is 17.9 Å². The number of halogens is 1. The van der Waals surface area contributed by atoms with Crippen LogP contribution in [-0.4, -0.2) is 35.4 Å². The summed E-state index contributed by atoms with van der Waals surface area (Å²) in [7, 11) is 0. The molecule has 1 aliphatic rings. The minimum Gasteiger partial charge on any atom is -0.504 e. The number of carbonyl (C=O) groups excluding carboxylic acids is 1.